The third-order valence-electron chi connectivity index (χ3n) is 5.60. The molecular weight excluding hydrogens is 419 g/mol. The van der Waals surface area contributed by atoms with E-state index in [2.05, 4.69) is 17.4 Å². The van der Waals surface area contributed by atoms with Gasteiger partial charge in [0.05, 0.1) is 13.0 Å². The maximum atomic E-state index is 13.7. The Balaban J connectivity index is 1.63. The zero-order valence-corrected chi connectivity index (χ0v) is 18.7. The number of ether oxygens (including phenoxy) is 1. The van der Waals surface area contributed by atoms with Crippen molar-refractivity contribution in [1.82, 2.24) is 9.62 Å². The fourth-order valence-electron chi connectivity index (χ4n) is 3.83. The topological polar surface area (TPSA) is 75.7 Å². The Morgan fingerprint density at radius 3 is 2.71 bits per heavy atom. The number of carbonyl (C=O) groups excluding carboxylic acids is 1. The fourth-order valence-corrected chi connectivity index (χ4v) is 5.52. The van der Waals surface area contributed by atoms with Gasteiger partial charge in [-0.1, -0.05) is 30.3 Å². The van der Waals surface area contributed by atoms with Crippen molar-refractivity contribution in [1.29, 1.82) is 0 Å². The molecule has 1 amide bonds. The number of halogens is 1. The lowest BCUT2D eigenvalue weighted by Crippen LogP contribution is -2.47. The van der Waals surface area contributed by atoms with E-state index >= 15 is 0 Å². The number of benzene rings is 2. The van der Waals surface area contributed by atoms with Crippen LogP contribution in [0.4, 0.5) is 4.39 Å². The van der Waals surface area contributed by atoms with Crippen LogP contribution in [0.5, 0.6) is 5.75 Å². The van der Waals surface area contributed by atoms with Crippen LogP contribution in [0.25, 0.3) is 0 Å². The molecule has 0 radical (unpaired) electrons. The second-order valence-corrected chi connectivity index (χ2v) is 9.84. The number of nitrogens with one attached hydrogen (secondary N) is 1. The van der Waals surface area contributed by atoms with Gasteiger partial charge in [0.25, 0.3) is 0 Å². The maximum Gasteiger partial charge on any atom is 0.246 e. The summed E-state index contributed by atoms with van der Waals surface area (Å²) in [5.41, 5.74) is 1.21. The molecule has 0 saturated carbocycles. The van der Waals surface area contributed by atoms with Crippen molar-refractivity contribution in [2.24, 2.45) is 5.92 Å². The Labute approximate surface area is 183 Å². The maximum absolute atomic E-state index is 13.7. The van der Waals surface area contributed by atoms with E-state index in [4.69, 9.17) is 4.74 Å². The van der Waals surface area contributed by atoms with Gasteiger partial charge in [-0.25, -0.2) is 12.8 Å². The Morgan fingerprint density at radius 2 is 2.00 bits per heavy atom. The van der Waals surface area contributed by atoms with Crippen LogP contribution in [-0.2, 0) is 21.2 Å². The van der Waals surface area contributed by atoms with Crippen LogP contribution < -0.4 is 10.1 Å². The molecule has 31 heavy (non-hydrogen) atoms. The lowest BCUT2D eigenvalue weighted by atomic mass is 9.98. The molecule has 0 unspecified atom stereocenters. The van der Waals surface area contributed by atoms with Crippen LogP contribution in [0.2, 0.25) is 0 Å². The molecule has 0 aromatic heterocycles. The number of aryl methyl sites for hydroxylation is 1. The number of nitrogens with zero attached hydrogens (tertiary/aromatic N) is 1. The minimum atomic E-state index is -3.98. The van der Waals surface area contributed by atoms with E-state index in [-0.39, 0.29) is 35.7 Å². The molecular formula is C23H29FN2O4S. The number of amides is 1. The van der Waals surface area contributed by atoms with Crippen LogP contribution in [0.15, 0.2) is 53.4 Å². The number of methoxy groups -OCH3 is 1. The number of piperidine rings is 1. The zero-order valence-electron chi connectivity index (χ0n) is 17.9. The molecule has 1 heterocycles. The third kappa shape index (κ3) is 5.83. The summed E-state index contributed by atoms with van der Waals surface area (Å²) in [6.07, 6.45) is 2.83. The van der Waals surface area contributed by atoms with Crippen LogP contribution in [-0.4, -0.2) is 44.9 Å². The van der Waals surface area contributed by atoms with E-state index in [0.717, 1.165) is 25.0 Å². The van der Waals surface area contributed by atoms with E-state index in [1.54, 1.807) is 0 Å². The molecule has 1 fully saturated rings. The van der Waals surface area contributed by atoms with Crippen LogP contribution >= 0.6 is 0 Å². The first-order valence-electron chi connectivity index (χ1n) is 10.5. The first kappa shape index (κ1) is 23.2. The minimum absolute atomic E-state index is 0.0250. The first-order chi connectivity index (χ1) is 14.8. The van der Waals surface area contributed by atoms with E-state index in [9.17, 15) is 17.6 Å². The Morgan fingerprint density at radius 1 is 1.26 bits per heavy atom. The predicted molar refractivity (Wildman–Crippen MR) is 117 cm³/mol. The van der Waals surface area contributed by atoms with E-state index < -0.39 is 21.8 Å². The average molecular weight is 449 g/mol. The van der Waals surface area contributed by atoms with Gasteiger partial charge >= 0.3 is 0 Å². The van der Waals surface area contributed by atoms with Crippen molar-refractivity contribution >= 4 is 15.9 Å². The summed E-state index contributed by atoms with van der Waals surface area (Å²) >= 11 is 0. The highest BCUT2D eigenvalue weighted by atomic mass is 32.2. The Kier molecular flexibility index (Phi) is 7.67. The molecule has 168 valence electrons. The highest BCUT2D eigenvalue weighted by Crippen LogP contribution is 2.30. The van der Waals surface area contributed by atoms with Crippen molar-refractivity contribution in [3.63, 3.8) is 0 Å². The lowest BCUT2D eigenvalue weighted by molar-refractivity contribution is -0.126. The van der Waals surface area contributed by atoms with Gasteiger partial charge in [-0.3, -0.25) is 4.79 Å². The van der Waals surface area contributed by atoms with Crippen molar-refractivity contribution in [3.8, 4) is 5.75 Å². The quantitative estimate of drug-likeness (QED) is 0.672. The second-order valence-electron chi connectivity index (χ2n) is 7.93. The normalized spacial score (nSPS) is 18.4. The highest BCUT2D eigenvalue weighted by Gasteiger charge is 2.35. The fraction of sp³-hybridized carbons (Fsp3) is 0.435. The number of hydrogen-bond donors (Lipinski definition) is 1. The van der Waals surface area contributed by atoms with Gasteiger partial charge < -0.3 is 10.1 Å². The molecule has 0 spiro atoms. The molecule has 6 nitrogen and oxygen atoms in total. The Hall–Kier alpha value is -2.45. The lowest BCUT2D eigenvalue weighted by Gasteiger charge is -2.32. The molecule has 2 atom stereocenters. The number of hydrogen-bond acceptors (Lipinski definition) is 4. The van der Waals surface area contributed by atoms with E-state index in [0.29, 0.717) is 12.8 Å². The summed E-state index contributed by atoms with van der Waals surface area (Å²) in [5.74, 6) is -1.16. The van der Waals surface area contributed by atoms with Gasteiger partial charge in [-0.05, 0) is 56.4 Å². The summed E-state index contributed by atoms with van der Waals surface area (Å²) in [6.45, 7) is 2.31. The summed E-state index contributed by atoms with van der Waals surface area (Å²) in [7, 11) is -2.64. The SMILES string of the molecule is COc1ccc(F)cc1S(=O)(=O)N1CCC[C@H](C(=O)N[C@H](C)CCc2ccccc2)C1. The molecule has 0 bridgehead atoms. The molecule has 8 heteroatoms. The molecule has 2 aromatic carbocycles. The van der Waals surface area contributed by atoms with Crippen molar-refractivity contribution in [2.45, 2.75) is 43.5 Å². The molecule has 1 aliphatic rings. The smallest absolute Gasteiger partial charge is 0.246 e. The highest BCUT2D eigenvalue weighted by molar-refractivity contribution is 7.89. The van der Waals surface area contributed by atoms with E-state index in [1.165, 1.54) is 23.0 Å². The van der Waals surface area contributed by atoms with Crippen molar-refractivity contribution in [3.05, 3.63) is 59.9 Å². The molecule has 2 aromatic rings. The minimum Gasteiger partial charge on any atom is -0.495 e. The van der Waals surface area contributed by atoms with Gasteiger partial charge in [0.15, 0.2) is 0 Å². The second kappa shape index (κ2) is 10.2. The monoisotopic (exact) mass is 448 g/mol. The summed E-state index contributed by atoms with van der Waals surface area (Å²) in [6, 6.07) is 13.4. The van der Waals surface area contributed by atoms with Gasteiger partial charge in [-0.2, -0.15) is 4.31 Å². The van der Waals surface area contributed by atoms with Crippen LogP contribution in [0.3, 0.4) is 0 Å². The van der Waals surface area contributed by atoms with E-state index in [1.807, 2.05) is 25.1 Å². The summed E-state index contributed by atoms with van der Waals surface area (Å²) < 4.78 is 46.3. The van der Waals surface area contributed by atoms with Crippen LogP contribution in [0, 0.1) is 11.7 Å². The van der Waals surface area contributed by atoms with Gasteiger partial charge in [0.1, 0.15) is 16.5 Å². The third-order valence-corrected chi connectivity index (χ3v) is 7.48. The number of rotatable bonds is 8. The number of carbonyl (C=O) groups is 1. The molecule has 1 saturated heterocycles. The standard InChI is InChI=1S/C23H29FN2O4S/c1-17(10-11-18-7-4-3-5-8-18)25-23(27)19-9-6-14-26(16-19)31(28,29)22-15-20(24)12-13-21(22)30-2/h3-5,7-8,12-13,15,17,19H,6,9-11,14,16H2,1-2H3,(H,25,27)/t17-,19+/m1/s1. The van der Waals surface area contributed by atoms with Gasteiger partial charge in [0.2, 0.25) is 15.9 Å². The first-order valence-corrected chi connectivity index (χ1v) is 11.9. The number of sulfonamides is 1. The van der Waals surface area contributed by atoms with Crippen molar-refractivity contribution in [2.75, 3.05) is 20.2 Å². The predicted octanol–water partition coefficient (Wildman–Crippen LogP) is 3.37. The molecule has 1 N–H and O–H groups in total. The van der Waals surface area contributed by atoms with Crippen molar-refractivity contribution < 1.29 is 22.3 Å². The largest absolute Gasteiger partial charge is 0.495 e. The zero-order chi connectivity index (χ0) is 22.4. The van der Waals surface area contributed by atoms with Crippen LogP contribution in [0.1, 0.15) is 31.7 Å². The Bertz CT molecular complexity index is 998. The summed E-state index contributed by atoms with van der Waals surface area (Å²) in [4.78, 5) is 12.6. The molecule has 3 rings (SSSR count). The molecule has 1 aliphatic heterocycles. The summed E-state index contributed by atoms with van der Waals surface area (Å²) in [5, 5.41) is 3.02. The molecule has 0 aliphatic carbocycles. The average Bonchev–Trinajstić information content (AvgIpc) is 2.78. The van der Waals surface area contributed by atoms with Gasteiger partial charge in [0, 0.05) is 19.1 Å². The van der Waals surface area contributed by atoms with Gasteiger partial charge in [-0.15, -0.1) is 0 Å².